The Morgan fingerprint density at radius 1 is 1.14 bits per heavy atom. The lowest BCUT2D eigenvalue weighted by molar-refractivity contribution is -0.143. The Labute approximate surface area is 164 Å². The number of piperidine rings is 2. The molecule has 2 aliphatic heterocycles. The molecule has 28 heavy (non-hydrogen) atoms. The van der Waals surface area contributed by atoms with Crippen LogP contribution in [0, 0.1) is 0 Å². The highest BCUT2D eigenvalue weighted by molar-refractivity contribution is 5.93. The summed E-state index contributed by atoms with van der Waals surface area (Å²) in [7, 11) is 0. The van der Waals surface area contributed by atoms with Gasteiger partial charge in [0.1, 0.15) is 12.0 Å². The predicted molar refractivity (Wildman–Crippen MR) is 104 cm³/mol. The number of amides is 2. The highest BCUT2D eigenvalue weighted by Gasteiger charge is 2.49. The van der Waals surface area contributed by atoms with Gasteiger partial charge in [-0.2, -0.15) is 0 Å². The Balaban J connectivity index is 1.64. The molecule has 4 heterocycles. The van der Waals surface area contributed by atoms with Crippen LogP contribution in [0.1, 0.15) is 50.0 Å². The van der Waals surface area contributed by atoms with Gasteiger partial charge in [0, 0.05) is 38.0 Å². The standard InChI is InChI=1S/C21H25N5O2/c1-15(27)26-11-4-8-19-21(26,2)9-5-10-25(19)20(28)18-7-3-6-17(24-18)16-12-22-14-23-13-16/h3,6-7,12-14,19H,4-5,8-11H2,1-2H3/t19-,21-/m0/s1. The average Bonchev–Trinajstić information content (AvgIpc) is 2.72. The van der Waals surface area contributed by atoms with Crippen LogP contribution in [0.3, 0.4) is 0 Å². The molecular formula is C21H25N5O2. The zero-order valence-electron chi connectivity index (χ0n) is 16.3. The van der Waals surface area contributed by atoms with Crippen molar-refractivity contribution in [3.05, 3.63) is 42.6 Å². The van der Waals surface area contributed by atoms with E-state index in [4.69, 9.17) is 0 Å². The van der Waals surface area contributed by atoms with Gasteiger partial charge >= 0.3 is 0 Å². The van der Waals surface area contributed by atoms with Gasteiger partial charge in [0.15, 0.2) is 0 Å². The molecule has 2 fully saturated rings. The van der Waals surface area contributed by atoms with Crippen LogP contribution in [0.25, 0.3) is 11.3 Å². The summed E-state index contributed by atoms with van der Waals surface area (Å²) in [5.74, 6) is 0.0192. The molecule has 0 aromatic carbocycles. The molecule has 146 valence electrons. The summed E-state index contributed by atoms with van der Waals surface area (Å²) < 4.78 is 0. The largest absolute Gasteiger partial charge is 0.335 e. The first-order valence-corrected chi connectivity index (χ1v) is 9.82. The van der Waals surface area contributed by atoms with Gasteiger partial charge < -0.3 is 9.80 Å². The smallest absolute Gasteiger partial charge is 0.272 e. The Bertz CT molecular complexity index is 887. The molecule has 7 heteroatoms. The van der Waals surface area contributed by atoms with Crippen molar-refractivity contribution in [2.75, 3.05) is 13.1 Å². The Hall–Kier alpha value is -2.83. The van der Waals surface area contributed by atoms with Gasteiger partial charge in [0.2, 0.25) is 5.91 Å². The Kier molecular flexibility index (Phi) is 4.83. The second kappa shape index (κ2) is 7.30. The third-order valence-electron chi connectivity index (χ3n) is 6.12. The van der Waals surface area contributed by atoms with E-state index in [9.17, 15) is 9.59 Å². The van der Waals surface area contributed by atoms with E-state index in [1.807, 2.05) is 21.9 Å². The maximum Gasteiger partial charge on any atom is 0.272 e. The summed E-state index contributed by atoms with van der Waals surface area (Å²) in [5.41, 5.74) is 1.58. The van der Waals surface area contributed by atoms with Gasteiger partial charge in [-0.1, -0.05) is 6.07 Å². The highest BCUT2D eigenvalue weighted by atomic mass is 16.2. The maximum atomic E-state index is 13.4. The van der Waals surface area contributed by atoms with Crippen LogP contribution in [0.2, 0.25) is 0 Å². The second-order valence-electron chi connectivity index (χ2n) is 7.82. The summed E-state index contributed by atoms with van der Waals surface area (Å²) in [4.78, 5) is 42.1. The molecule has 0 saturated carbocycles. The first kappa shape index (κ1) is 18.5. The quantitative estimate of drug-likeness (QED) is 0.801. The van der Waals surface area contributed by atoms with Gasteiger partial charge in [0.25, 0.3) is 5.91 Å². The topological polar surface area (TPSA) is 79.3 Å². The Morgan fingerprint density at radius 2 is 1.93 bits per heavy atom. The fourth-order valence-corrected chi connectivity index (χ4v) is 4.80. The molecule has 0 spiro atoms. The lowest BCUT2D eigenvalue weighted by Crippen LogP contribution is -2.68. The fraction of sp³-hybridized carbons (Fsp3) is 0.476. The number of rotatable bonds is 2. The van der Waals surface area contributed by atoms with Crippen LogP contribution < -0.4 is 0 Å². The summed E-state index contributed by atoms with van der Waals surface area (Å²) >= 11 is 0. The third-order valence-corrected chi connectivity index (χ3v) is 6.12. The Morgan fingerprint density at radius 3 is 2.68 bits per heavy atom. The zero-order chi connectivity index (χ0) is 19.7. The summed E-state index contributed by atoms with van der Waals surface area (Å²) in [6.07, 6.45) is 8.49. The normalized spacial score (nSPS) is 24.6. The lowest BCUT2D eigenvalue weighted by Gasteiger charge is -2.56. The van der Waals surface area contributed by atoms with E-state index in [1.54, 1.807) is 25.4 Å². The molecule has 0 radical (unpaired) electrons. The number of hydrogen-bond acceptors (Lipinski definition) is 5. The van der Waals surface area contributed by atoms with Gasteiger partial charge in [-0.15, -0.1) is 0 Å². The molecule has 2 amide bonds. The van der Waals surface area contributed by atoms with Crippen molar-refractivity contribution in [3.63, 3.8) is 0 Å². The first-order chi connectivity index (χ1) is 13.5. The van der Waals surface area contributed by atoms with Gasteiger partial charge in [0.05, 0.1) is 17.3 Å². The van der Waals surface area contributed by atoms with Crippen molar-refractivity contribution < 1.29 is 9.59 Å². The van der Waals surface area contributed by atoms with Crippen molar-refractivity contribution in [2.45, 2.75) is 51.1 Å². The van der Waals surface area contributed by atoms with E-state index in [1.165, 1.54) is 6.33 Å². The molecule has 2 aromatic heterocycles. The number of carbonyl (C=O) groups is 2. The summed E-state index contributed by atoms with van der Waals surface area (Å²) in [6, 6.07) is 5.48. The minimum Gasteiger partial charge on any atom is -0.335 e. The molecule has 0 aliphatic carbocycles. The van der Waals surface area contributed by atoms with Crippen LogP contribution in [-0.2, 0) is 4.79 Å². The molecule has 4 rings (SSSR count). The van der Waals surface area contributed by atoms with E-state index in [-0.39, 0.29) is 23.4 Å². The van der Waals surface area contributed by atoms with Crippen molar-refractivity contribution in [2.24, 2.45) is 0 Å². The first-order valence-electron chi connectivity index (χ1n) is 9.82. The monoisotopic (exact) mass is 379 g/mol. The molecular weight excluding hydrogens is 354 g/mol. The minimum absolute atomic E-state index is 0.0249. The van der Waals surface area contributed by atoms with Gasteiger partial charge in [-0.25, -0.2) is 15.0 Å². The molecule has 2 saturated heterocycles. The minimum atomic E-state index is -0.303. The third kappa shape index (κ3) is 3.15. The van der Waals surface area contributed by atoms with E-state index in [2.05, 4.69) is 21.9 Å². The van der Waals surface area contributed by atoms with Crippen molar-refractivity contribution in [1.29, 1.82) is 0 Å². The number of likely N-dealkylation sites (tertiary alicyclic amines) is 2. The van der Waals surface area contributed by atoms with E-state index >= 15 is 0 Å². The molecule has 0 unspecified atom stereocenters. The predicted octanol–water partition coefficient (Wildman–Crippen LogP) is 2.54. The maximum absolute atomic E-state index is 13.4. The van der Waals surface area contributed by atoms with E-state index < -0.39 is 0 Å². The summed E-state index contributed by atoms with van der Waals surface area (Å²) in [6.45, 7) is 5.22. The highest BCUT2D eigenvalue weighted by Crippen LogP contribution is 2.39. The number of carbonyl (C=O) groups excluding carboxylic acids is 2. The van der Waals surface area contributed by atoms with Gasteiger partial charge in [-0.3, -0.25) is 9.59 Å². The number of fused-ring (bicyclic) bond motifs is 1. The molecule has 2 aromatic rings. The molecule has 0 bridgehead atoms. The second-order valence-corrected chi connectivity index (χ2v) is 7.82. The fourth-order valence-electron chi connectivity index (χ4n) is 4.80. The number of hydrogen-bond donors (Lipinski definition) is 0. The van der Waals surface area contributed by atoms with E-state index in [0.29, 0.717) is 17.9 Å². The van der Waals surface area contributed by atoms with Gasteiger partial charge in [-0.05, 0) is 44.7 Å². The van der Waals surface area contributed by atoms with Crippen LogP contribution in [0.15, 0.2) is 36.9 Å². The van der Waals surface area contributed by atoms with Crippen LogP contribution in [-0.4, -0.2) is 61.2 Å². The number of nitrogens with zero attached hydrogens (tertiary/aromatic N) is 5. The van der Waals surface area contributed by atoms with Crippen LogP contribution >= 0.6 is 0 Å². The molecule has 2 atom stereocenters. The van der Waals surface area contributed by atoms with Crippen molar-refractivity contribution >= 4 is 11.8 Å². The zero-order valence-corrected chi connectivity index (χ0v) is 16.3. The van der Waals surface area contributed by atoms with E-state index in [0.717, 1.165) is 37.8 Å². The van der Waals surface area contributed by atoms with Crippen molar-refractivity contribution in [3.8, 4) is 11.3 Å². The molecule has 2 aliphatic rings. The van der Waals surface area contributed by atoms with Crippen molar-refractivity contribution in [1.82, 2.24) is 24.8 Å². The van der Waals surface area contributed by atoms with Crippen LogP contribution in [0.5, 0.6) is 0 Å². The van der Waals surface area contributed by atoms with Crippen LogP contribution in [0.4, 0.5) is 0 Å². The molecule has 7 nitrogen and oxygen atoms in total. The number of aromatic nitrogens is 3. The summed E-state index contributed by atoms with van der Waals surface area (Å²) in [5, 5.41) is 0. The number of pyridine rings is 1. The lowest BCUT2D eigenvalue weighted by atomic mass is 9.76. The average molecular weight is 379 g/mol. The molecule has 0 N–H and O–H groups in total. The SMILES string of the molecule is CC(=O)N1CCC[C@@H]2N(C(=O)c3cccc(-c4cncnc4)n3)CCC[C@@]21C.